The average molecular weight is 1000 g/mol. The van der Waals surface area contributed by atoms with Gasteiger partial charge in [-0.25, -0.2) is 4.98 Å². The van der Waals surface area contributed by atoms with Crippen LogP contribution in [0.4, 0.5) is 0 Å². The Morgan fingerprint density at radius 2 is 1.57 bits per heavy atom. The fraction of sp³-hybridized carbons (Fsp3) is 0.469. The maximum atomic E-state index is 14.0. The largest absolute Gasteiger partial charge is 0.391 e. The van der Waals surface area contributed by atoms with Crippen LogP contribution in [0.15, 0.2) is 59.0 Å². The van der Waals surface area contributed by atoms with E-state index in [0.717, 1.165) is 54.0 Å². The molecule has 1 saturated heterocycles. The summed E-state index contributed by atoms with van der Waals surface area (Å²) in [7, 11) is 0. The van der Waals surface area contributed by atoms with E-state index in [9.17, 15) is 24.3 Å². The molecule has 5 heterocycles. The lowest BCUT2D eigenvalue weighted by atomic mass is 9.85. The maximum absolute atomic E-state index is 14.0. The van der Waals surface area contributed by atoms with Crippen molar-refractivity contribution >= 4 is 63.6 Å². The van der Waals surface area contributed by atoms with Gasteiger partial charge in [0.15, 0.2) is 5.82 Å². The van der Waals surface area contributed by atoms with Crippen molar-refractivity contribution in [2.24, 2.45) is 10.4 Å². The first kappa shape index (κ1) is 51.4. The molecule has 1 fully saturated rings. The van der Waals surface area contributed by atoms with Crippen LogP contribution in [0.1, 0.15) is 84.1 Å². The third-order valence-corrected chi connectivity index (χ3v) is 14.4. The average Bonchev–Trinajstić information content (AvgIpc) is 4.08. The van der Waals surface area contributed by atoms with Gasteiger partial charge in [0.1, 0.15) is 35.6 Å². The van der Waals surface area contributed by atoms with E-state index >= 15 is 0 Å². The van der Waals surface area contributed by atoms with Crippen LogP contribution < -0.4 is 16.0 Å². The number of rotatable bonds is 20. The van der Waals surface area contributed by atoms with Crippen LogP contribution in [0.3, 0.4) is 0 Å². The molecule has 1 unspecified atom stereocenters. The van der Waals surface area contributed by atoms with Crippen molar-refractivity contribution in [2.75, 3.05) is 52.7 Å². The molecule has 0 aliphatic carbocycles. The summed E-state index contributed by atoms with van der Waals surface area (Å²) < 4.78 is 18.8. The Morgan fingerprint density at radius 3 is 2.25 bits per heavy atom. The number of β-amino-alcohol motifs (C(OH)–C–C–N with tert-alkyl or cyclic N) is 1. The summed E-state index contributed by atoms with van der Waals surface area (Å²) >= 11 is 9.45. The van der Waals surface area contributed by atoms with Gasteiger partial charge in [-0.2, -0.15) is 0 Å². The molecule has 4 N–H and O–H groups in total. The molecule has 17 nitrogen and oxygen atoms in total. The minimum absolute atomic E-state index is 0.0281. The summed E-state index contributed by atoms with van der Waals surface area (Å²) in [4.78, 5) is 66.8. The fourth-order valence-electron chi connectivity index (χ4n) is 8.23. The summed E-state index contributed by atoms with van der Waals surface area (Å²) in [5, 5.41) is 29.6. The molecular formula is C49H60ClN9O8S2. The summed E-state index contributed by atoms with van der Waals surface area (Å²) in [6, 6.07) is 12.9. The number of fused-ring (bicyclic) bond motifs is 3. The number of ether oxygens (including phenoxy) is 3. The van der Waals surface area contributed by atoms with E-state index in [1.165, 1.54) is 4.90 Å². The number of aliphatic hydroxyl groups is 1. The highest BCUT2D eigenvalue weighted by molar-refractivity contribution is 7.15. The molecular weight excluding hydrogens is 942 g/mol. The van der Waals surface area contributed by atoms with Gasteiger partial charge < -0.3 is 40.2 Å². The lowest BCUT2D eigenvalue weighted by molar-refractivity contribution is -0.144. The number of thiophene rings is 1. The van der Waals surface area contributed by atoms with Crippen LogP contribution in [0.2, 0.25) is 5.02 Å². The number of benzene rings is 2. The smallest absolute Gasteiger partial charge is 0.246 e. The van der Waals surface area contributed by atoms with Gasteiger partial charge in [-0.3, -0.25) is 28.7 Å². The Morgan fingerprint density at radius 1 is 0.884 bits per heavy atom. The number of hydrogen-bond acceptors (Lipinski definition) is 14. The van der Waals surface area contributed by atoms with Crippen molar-refractivity contribution in [1.29, 1.82) is 0 Å². The van der Waals surface area contributed by atoms with E-state index < -0.39 is 41.5 Å². The molecule has 368 valence electrons. The molecule has 3 aromatic heterocycles. The standard InChI is InChI=1S/C49H60ClN9O8S2/c1-28-30(3)69-48-41(28)42(33-12-14-35(50)15-13-33)54-37(45-57-56-31(4)59(45)48)23-39(61)51-16-17-65-18-19-66-20-21-67-26-40(62)55-44(49(5,6)7)47(64)58-25-36(60)22-38(58)46(63)52-24-32-8-10-34(11-9-32)43-29(2)53-27-68-43/h8-15,27,36-38,44,60H,16-26H2,1-7H3,(H,51,61)(H,52,63)(H,55,62)/t36-,37-,38+,44?/m1/s1. The number of aliphatic hydroxyl groups excluding tert-OH is 1. The zero-order chi connectivity index (χ0) is 49.4. The second kappa shape index (κ2) is 23.0. The number of carbonyl (C=O) groups is 4. The first-order valence-corrected chi connectivity index (χ1v) is 25.0. The van der Waals surface area contributed by atoms with E-state index in [4.69, 9.17) is 30.8 Å². The van der Waals surface area contributed by atoms with Crippen molar-refractivity contribution in [3.05, 3.63) is 104 Å². The van der Waals surface area contributed by atoms with Crippen LogP contribution in [0.5, 0.6) is 0 Å². The number of halogens is 1. The molecule has 20 heteroatoms. The third-order valence-electron chi connectivity index (χ3n) is 12.0. The molecule has 2 aliphatic heterocycles. The van der Waals surface area contributed by atoms with Crippen LogP contribution >= 0.6 is 34.3 Å². The zero-order valence-corrected chi connectivity index (χ0v) is 42.4. The molecule has 4 atom stereocenters. The molecule has 0 radical (unpaired) electrons. The first-order chi connectivity index (χ1) is 33.0. The van der Waals surface area contributed by atoms with Crippen LogP contribution in [0, 0.1) is 33.1 Å². The van der Waals surface area contributed by atoms with Gasteiger partial charge in [-0.05, 0) is 61.9 Å². The van der Waals surface area contributed by atoms with Gasteiger partial charge in [0.05, 0.1) is 67.4 Å². The number of nitrogens with one attached hydrogen (secondary N) is 3. The predicted octanol–water partition coefficient (Wildman–Crippen LogP) is 5.60. The van der Waals surface area contributed by atoms with E-state index in [2.05, 4.69) is 45.0 Å². The number of nitrogens with zero attached hydrogens (tertiary/aromatic N) is 6. The maximum Gasteiger partial charge on any atom is 0.246 e. The number of carbonyl (C=O) groups excluding carboxylic acids is 4. The van der Waals surface area contributed by atoms with Gasteiger partial charge in [0.2, 0.25) is 23.6 Å². The molecule has 69 heavy (non-hydrogen) atoms. The number of amides is 4. The molecule has 5 aromatic rings. The molecule has 2 aliphatic rings. The SMILES string of the molecule is Cc1ncsc1-c1ccc(CNC(=O)[C@@H]2C[C@@H](O)CN2C(=O)C(NC(=O)COCCOCCOCCNC(=O)C[C@H]2N=C(c3ccc(Cl)cc3)c3c(sc(C)c3C)-n3c(C)nnc32)C(C)(C)C)cc1. The number of aryl methyl sites for hydroxylation is 3. The van der Waals surface area contributed by atoms with Crippen molar-refractivity contribution in [2.45, 2.75) is 92.1 Å². The van der Waals surface area contributed by atoms with Gasteiger partial charge in [-0.1, -0.05) is 68.8 Å². The molecule has 4 amide bonds. The number of aliphatic imine (C=N–C) groups is 1. The number of likely N-dealkylation sites (tertiary alicyclic amines) is 1. The number of hydrogen-bond donors (Lipinski definition) is 4. The quantitative estimate of drug-likeness (QED) is 0.0706. The topological polar surface area (TPSA) is 211 Å². The molecule has 0 saturated carbocycles. The molecule has 0 spiro atoms. The Hall–Kier alpha value is -5.41. The third kappa shape index (κ3) is 12.7. The Labute approximate surface area is 415 Å². The molecule has 0 bridgehead atoms. The first-order valence-electron chi connectivity index (χ1n) is 22.9. The van der Waals surface area contributed by atoms with Crippen LogP contribution in [0.25, 0.3) is 15.4 Å². The molecule has 7 rings (SSSR count). The van der Waals surface area contributed by atoms with Crippen LogP contribution in [-0.2, 0) is 39.9 Å². The van der Waals surface area contributed by atoms with Gasteiger partial charge in [0.25, 0.3) is 0 Å². The normalized spacial score (nSPS) is 17.1. The summed E-state index contributed by atoms with van der Waals surface area (Å²) in [5.41, 5.74) is 7.76. The van der Waals surface area contributed by atoms with Gasteiger partial charge in [0, 0.05) is 47.1 Å². The Bertz CT molecular complexity index is 2640. The van der Waals surface area contributed by atoms with Crippen molar-refractivity contribution < 1.29 is 38.5 Å². The Balaban J connectivity index is 0.797. The number of thiazole rings is 1. The summed E-state index contributed by atoms with van der Waals surface area (Å²) in [6.45, 7) is 14.8. The minimum atomic E-state index is -0.984. The monoisotopic (exact) mass is 1000 g/mol. The summed E-state index contributed by atoms with van der Waals surface area (Å²) in [6.07, 6.45) is -0.737. The second-order valence-corrected chi connectivity index (χ2v) is 20.7. The van der Waals surface area contributed by atoms with Crippen molar-refractivity contribution in [3.63, 3.8) is 0 Å². The predicted molar refractivity (Wildman–Crippen MR) is 265 cm³/mol. The summed E-state index contributed by atoms with van der Waals surface area (Å²) in [5.74, 6) is -0.231. The highest BCUT2D eigenvalue weighted by Crippen LogP contribution is 2.40. The lowest BCUT2D eigenvalue weighted by Crippen LogP contribution is -2.58. The van der Waals surface area contributed by atoms with Gasteiger partial charge >= 0.3 is 0 Å². The number of aromatic nitrogens is 4. The van der Waals surface area contributed by atoms with Crippen molar-refractivity contribution in [3.8, 4) is 15.4 Å². The van der Waals surface area contributed by atoms with E-state index in [1.807, 2.05) is 93.2 Å². The van der Waals surface area contributed by atoms with Crippen molar-refractivity contribution in [1.82, 2.24) is 40.6 Å². The highest BCUT2D eigenvalue weighted by Gasteiger charge is 2.44. The van der Waals surface area contributed by atoms with Crippen LogP contribution in [-0.4, -0.2) is 130 Å². The molecule has 2 aromatic carbocycles. The minimum Gasteiger partial charge on any atom is -0.391 e. The second-order valence-electron chi connectivity index (χ2n) is 18.2. The fourth-order valence-corrected chi connectivity index (χ4v) is 10.4. The van der Waals surface area contributed by atoms with E-state index in [0.29, 0.717) is 16.7 Å². The Kier molecular flexibility index (Phi) is 17.2. The van der Waals surface area contributed by atoms with E-state index in [-0.39, 0.29) is 83.9 Å². The zero-order valence-electron chi connectivity index (χ0n) is 40.0. The lowest BCUT2D eigenvalue weighted by Gasteiger charge is -2.35. The van der Waals surface area contributed by atoms with E-state index in [1.54, 1.807) is 22.7 Å². The highest BCUT2D eigenvalue weighted by atomic mass is 35.5. The van der Waals surface area contributed by atoms with Gasteiger partial charge in [-0.15, -0.1) is 32.9 Å².